The standard InChI is InChI=1S/C9H15N3O4S/c10-7(13)3-6(8(14)15)12-9(16)11-5-1-2-17-4-5/h5-6H,1-4H2,(H2,10,13)(H,14,15)(H2,11,12,16)/t5?,6-/m1/s1. The van der Waals surface area contributed by atoms with Crippen LogP contribution in [0, 0.1) is 0 Å². The third-order valence-corrected chi connectivity index (χ3v) is 3.44. The first-order valence-electron chi connectivity index (χ1n) is 5.15. The zero-order chi connectivity index (χ0) is 12.8. The molecule has 8 heteroatoms. The van der Waals surface area contributed by atoms with Gasteiger partial charge in [0.25, 0.3) is 0 Å². The van der Waals surface area contributed by atoms with Gasteiger partial charge >= 0.3 is 12.0 Å². The number of carboxylic acid groups (broad SMARTS) is 1. The number of hydrogen-bond donors (Lipinski definition) is 4. The van der Waals surface area contributed by atoms with Crippen molar-refractivity contribution in [1.29, 1.82) is 0 Å². The van der Waals surface area contributed by atoms with Crippen LogP contribution in [-0.2, 0) is 9.59 Å². The maximum absolute atomic E-state index is 11.4. The monoisotopic (exact) mass is 261 g/mol. The molecular weight excluding hydrogens is 246 g/mol. The van der Waals surface area contributed by atoms with E-state index in [2.05, 4.69) is 10.6 Å². The number of carbonyl (C=O) groups is 3. The Labute approximate surface area is 102 Å². The van der Waals surface area contributed by atoms with Crippen molar-refractivity contribution in [2.45, 2.75) is 24.9 Å². The zero-order valence-electron chi connectivity index (χ0n) is 9.14. The lowest BCUT2D eigenvalue weighted by Gasteiger charge is -2.16. The summed E-state index contributed by atoms with van der Waals surface area (Å²) in [6.07, 6.45) is 0.452. The van der Waals surface area contributed by atoms with Gasteiger partial charge in [0, 0.05) is 11.8 Å². The van der Waals surface area contributed by atoms with E-state index in [0.717, 1.165) is 17.9 Å². The summed E-state index contributed by atoms with van der Waals surface area (Å²) in [5.41, 5.74) is 4.89. The van der Waals surface area contributed by atoms with E-state index in [4.69, 9.17) is 10.8 Å². The van der Waals surface area contributed by atoms with Crippen LogP contribution in [0.2, 0.25) is 0 Å². The summed E-state index contributed by atoms with van der Waals surface area (Å²) in [5, 5.41) is 13.6. The van der Waals surface area contributed by atoms with Crippen LogP contribution in [0.3, 0.4) is 0 Å². The highest BCUT2D eigenvalue weighted by atomic mass is 32.2. The molecule has 17 heavy (non-hydrogen) atoms. The smallest absolute Gasteiger partial charge is 0.326 e. The number of rotatable bonds is 5. The van der Waals surface area contributed by atoms with Crippen LogP contribution >= 0.6 is 11.8 Å². The molecule has 3 amide bonds. The molecule has 2 atom stereocenters. The highest BCUT2D eigenvalue weighted by Crippen LogP contribution is 2.16. The predicted molar refractivity (Wildman–Crippen MR) is 62.6 cm³/mol. The Balaban J connectivity index is 2.40. The zero-order valence-corrected chi connectivity index (χ0v) is 9.96. The molecule has 0 spiro atoms. The number of thioether (sulfide) groups is 1. The molecule has 5 N–H and O–H groups in total. The van der Waals surface area contributed by atoms with Crippen LogP contribution in [0.5, 0.6) is 0 Å². The molecule has 0 aromatic heterocycles. The van der Waals surface area contributed by atoms with Crippen molar-refractivity contribution in [3.05, 3.63) is 0 Å². The minimum atomic E-state index is -1.28. The van der Waals surface area contributed by atoms with Crippen LogP contribution in [-0.4, -0.2) is 46.6 Å². The lowest BCUT2D eigenvalue weighted by atomic mass is 10.2. The molecule has 1 heterocycles. The van der Waals surface area contributed by atoms with Gasteiger partial charge in [-0.25, -0.2) is 9.59 Å². The number of aliphatic carboxylic acids is 1. The molecule has 1 aliphatic rings. The third kappa shape index (κ3) is 4.94. The van der Waals surface area contributed by atoms with Crippen molar-refractivity contribution < 1.29 is 19.5 Å². The van der Waals surface area contributed by atoms with Crippen molar-refractivity contribution in [2.75, 3.05) is 11.5 Å². The van der Waals surface area contributed by atoms with Crippen molar-refractivity contribution in [3.8, 4) is 0 Å². The summed E-state index contributed by atoms with van der Waals surface area (Å²) in [5.74, 6) is -0.246. The molecule has 1 rings (SSSR count). The molecule has 0 bridgehead atoms. The Bertz CT molecular complexity index is 317. The second-order valence-electron chi connectivity index (χ2n) is 3.74. The molecule has 1 fully saturated rings. The fraction of sp³-hybridized carbons (Fsp3) is 0.667. The Morgan fingerprint density at radius 3 is 2.65 bits per heavy atom. The average molecular weight is 261 g/mol. The summed E-state index contributed by atoms with van der Waals surface area (Å²) in [6, 6.07) is -1.80. The molecule has 0 saturated carbocycles. The Kier molecular flexibility index (Phi) is 5.08. The largest absolute Gasteiger partial charge is 0.480 e. The van der Waals surface area contributed by atoms with Crippen LogP contribution in [0.4, 0.5) is 4.79 Å². The average Bonchev–Trinajstić information content (AvgIpc) is 2.68. The number of carbonyl (C=O) groups excluding carboxylic acids is 2. The molecule has 1 unspecified atom stereocenters. The summed E-state index contributed by atoms with van der Waals surface area (Å²) < 4.78 is 0. The highest BCUT2D eigenvalue weighted by molar-refractivity contribution is 7.99. The van der Waals surface area contributed by atoms with E-state index in [0.29, 0.717) is 0 Å². The maximum Gasteiger partial charge on any atom is 0.326 e. The van der Waals surface area contributed by atoms with Gasteiger partial charge in [-0.15, -0.1) is 0 Å². The number of primary amides is 1. The molecule has 0 aromatic rings. The minimum absolute atomic E-state index is 0.0584. The van der Waals surface area contributed by atoms with Crippen molar-refractivity contribution >= 4 is 29.7 Å². The molecule has 0 aromatic carbocycles. The van der Waals surface area contributed by atoms with Gasteiger partial charge in [0.2, 0.25) is 5.91 Å². The van der Waals surface area contributed by atoms with Gasteiger partial charge in [0.05, 0.1) is 6.42 Å². The van der Waals surface area contributed by atoms with Crippen molar-refractivity contribution in [1.82, 2.24) is 10.6 Å². The number of urea groups is 1. The van der Waals surface area contributed by atoms with E-state index in [-0.39, 0.29) is 6.04 Å². The lowest BCUT2D eigenvalue weighted by molar-refractivity contribution is -0.140. The summed E-state index contributed by atoms with van der Waals surface area (Å²) in [7, 11) is 0. The fourth-order valence-corrected chi connectivity index (χ4v) is 2.59. The van der Waals surface area contributed by atoms with Crippen LogP contribution < -0.4 is 16.4 Å². The fourth-order valence-electron chi connectivity index (χ4n) is 1.43. The Hall–Kier alpha value is -1.44. The summed E-state index contributed by atoms with van der Waals surface area (Å²) in [6.45, 7) is 0. The number of nitrogens with two attached hydrogens (primary N) is 1. The van der Waals surface area contributed by atoms with Crippen molar-refractivity contribution in [3.63, 3.8) is 0 Å². The Morgan fingerprint density at radius 2 is 2.18 bits per heavy atom. The molecule has 0 aliphatic carbocycles. The Morgan fingerprint density at radius 1 is 1.47 bits per heavy atom. The van der Waals surface area contributed by atoms with Crippen LogP contribution in [0.1, 0.15) is 12.8 Å². The van der Waals surface area contributed by atoms with Gasteiger partial charge in [-0.3, -0.25) is 4.79 Å². The van der Waals surface area contributed by atoms with Crippen LogP contribution in [0.25, 0.3) is 0 Å². The van der Waals surface area contributed by atoms with E-state index in [1.807, 2.05) is 0 Å². The van der Waals surface area contributed by atoms with Gasteiger partial charge in [0.1, 0.15) is 6.04 Å². The molecule has 1 saturated heterocycles. The summed E-state index contributed by atoms with van der Waals surface area (Å²) >= 11 is 1.73. The maximum atomic E-state index is 11.4. The molecule has 0 radical (unpaired) electrons. The number of hydrogen-bond acceptors (Lipinski definition) is 4. The molecular formula is C9H15N3O4S. The normalized spacial score (nSPS) is 20.6. The first-order valence-corrected chi connectivity index (χ1v) is 6.30. The van der Waals surface area contributed by atoms with Gasteiger partial charge in [-0.2, -0.15) is 11.8 Å². The van der Waals surface area contributed by atoms with E-state index in [1.165, 1.54) is 0 Å². The first-order chi connectivity index (χ1) is 7.99. The predicted octanol–water partition coefficient (Wildman–Crippen LogP) is -0.880. The van der Waals surface area contributed by atoms with E-state index in [1.54, 1.807) is 11.8 Å². The van der Waals surface area contributed by atoms with Gasteiger partial charge in [0.15, 0.2) is 0 Å². The van der Waals surface area contributed by atoms with Gasteiger partial charge in [-0.05, 0) is 12.2 Å². The SMILES string of the molecule is NC(=O)C[C@@H](NC(=O)NC1CCSC1)C(=O)O. The molecule has 96 valence electrons. The molecule has 1 aliphatic heterocycles. The number of nitrogens with one attached hydrogen (secondary N) is 2. The van der Waals surface area contributed by atoms with Gasteiger partial charge < -0.3 is 21.5 Å². The quantitative estimate of drug-likeness (QED) is 0.512. The van der Waals surface area contributed by atoms with E-state index < -0.39 is 30.4 Å². The number of carboxylic acids is 1. The van der Waals surface area contributed by atoms with E-state index >= 15 is 0 Å². The first kappa shape index (κ1) is 13.6. The van der Waals surface area contributed by atoms with Gasteiger partial charge in [-0.1, -0.05) is 0 Å². The minimum Gasteiger partial charge on any atom is -0.480 e. The second-order valence-corrected chi connectivity index (χ2v) is 4.89. The van der Waals surface area contributed by atoms with Crippen LogP contribution in [0.15, 0.2) is 0 Å². The van der Waals surface area contributed by atoms with E-state index in [9.17, 15) is 14.4 Å². The summed E-state index contributed by atoms with van der Waals surface area (Å²) in [4.78, 5) is 32.8. The highest BCUT2D eigenvalue weighted by Gasteiger charge is 2.24. The molecule has 7 nitrogen and oxygen atoms in total. The third-order valence-electron chi connectivity index (χ3n) is 2.27. The second kappa shape index (κ2) is 6.33. The van der Waals surface area contributed by atoms with Crippen molar-refractivity contribution in [2.24, 2.45) is 5.73 Å². The topological polar surface area (TPSA) is 122 Å². The lowest BCUT2D eigenvalue weighted by Crippen LogP contribution is -2.50. The number of amides is 3.